The molecule has 1 saturated heterocycles. The third-order valence-electron chi connectivity index (χ3n) is 5.76. The minimum absolute atomic E-state index is 0.0206. The van der Waals surface area contributed by atoms with Crippen molar-refractivity contribution < 1.29 is 26.8 Å². The number of sulfone groups is 1. The average molecular weight is 534 g/mol. The summed E-state index contributed by atoms with van der Waals surface area (Å²) in [6.07, 6.45) is 1.93. The van der Waals surface area contributed by atoms with Gasteiger partial charge in [0.05, 0.1) is 15.6 Å². The first-order valence-corrected chi connectivity index (χ1v) is 13.2. The highest BCUT2D eigenvalue weighted by atomic mass is 35.5. The number of nitrogens with zero attached hydrogens (tertiary/aromatic N) is 1. The largest absolute Gasteiger partial charge is 0.326 e. The Balaban J connectivity index is 1.51. The van der Waals surface area contributed by atoms with Crippen LogP contribution in [0.25, 0.3) is 11.1 Å². The number of hydrogen-bond acceptors (Lipinski definition) is 4. The van der Waals surface area contributed by atoms with E-state index in [0.717, 1.165) is 12.3 Å². The molecule has 36 heavy (non-hydrogen) atoms. The maximum atomic E-state index is 15.2. The summed E-state index contributed by atoms with van der Waals surface area (Å²) in [6.45, 7) is 0.247. The van der Waals surface area contributed by atoms with E-state index in [0.29, 0.717) is 24.0 Å². The van der Waals surface area contributed by atoms with Gasteiger partial charge in [-0.2, -0.15) is 0 Å². The van der Waals surface area contributed by atoms with E-state index in [1.807, 2.05) is 0 Å². The predicted octanol–water partition coefficient (Wildman–Crippen LogP) is 5.01. The SMILES string of the molecule is CS(=O)(=O)c1ccccc1-c1ccc(N2CCC[C@@H](NC(=O)Nc3ccc(Cl)c(F)c3)C2=O)c(F)c1. The lowest BCUT2D eigenvalue weighted by Gasteiger charge is -2.33. The van der Waals surface area contributed by atoms with Crippen LogP contribution in [-0.4, -0.2) is 39.2 Å². The number of urea groups is 1. The van der Waals surface area contributed by atoms with Crippen LogP contribution in [0.1, 0.15) is 12.8 Å². The normalized spacial score (nSPS) is 16.1. The van der Waals surface area contributed by atoms with Gasteiger partial charge in [0.1, 0.15) is 17.7 Å². The molecule has 0 saturated carbocycles. The summed E-state index contributed by atoms with van der Waals surface area (Å²) in [4.78, 5) is 26.8. The van der Waals surface area contributed by atoms with Gasteiger partial charge in [0.15, 0.2) is 9.84 Å². The molecule has 1 heterocycles. The molecular weight excluding hydrogens is 512 g/mol. The van der Waals surface area contributed by atoms with Crippen LogP contribution in [0.5, 0.6) is 0 Å². The van der Waals surface area contributed by atoms with E-state index in [-0.39, 0.29) is 27.8 Å². The summed E-state index contributed by atoms with van der Waals surface area (Å²) in [7, 11) is -3.54. The molecule has 0 aromatic heterocycles. The van der Waals surface area contributed by atoms with Gasteiger partial charge < -0.3 is 15.5 Å². The first kappa shape index (κ1) is 25.6. The van der Waals surface area contributed by atoms with Crippen molar-refractivity contribution in [2.45, 2.75) is 23.8 Å². The van der Waals surface area contributed by atoms with E-state index in [2.05, 4.69) is 10.6 Å². The first-order chi connectivity index (χ1) is 17.0. The molecule has 0 unspecified atom stereocenters. The molecule has 4 rings (SSSR count). The van der Waals surface area contributed by atoms with Crippen LogP contribution in [0.4, 0.5) is 25.0 Å². The van der Waals surface area contributed by atoms with Crippen LogP contribution in [-0.2, 0) is 14.6 Å². The minimum atomic E-state index is -3.54. The molecule has 0 aliphatic carbocycles. The molecule has 188 valence electrons. The Morgan fingerprint density at radius 1 is 1.06 bits per heavy atom. The van der Waals surface area contributed by atoms with Gasteiger partial charge in [0.2, 0.25) is 5.91 Å². The second-order valence-corrected chi connectivity index (χ2v) is 10.7. The lowest BCUT2D eigenvalue weighted by Crippen LogP contribution is -2.53. The standard InChI is InChI=1S/C25H22ClF2N3O4S/c1-36(34,35)23-7-3-2-5-17(23)15-8-11-22(20(28)13-15)31-12-4-6-21(24(31)32)30-25(33)29-16-9-10-18(26)19(27)14-16/h2-3,5,7-11,13-14,21H,4,6,12H2,1H3,(H2,29,30,33)/t21-/m1/s1. The summed E-state index contributed by atoms with van der Waals surface area (Å²) < 4.78 is 53.1. The lowest BCUT2D eigenvalue weighted by atomic mass is 10.0. The number of nitrogens with one attached hydrogen (secondary N) is 2. The Kier molecular flexibility index (Phi) is 7.28. The third-order valence-corrected chi connectivity index (χ3v) is 7.22. The highest BCUT2D eigenvalue weighted by Gasteiger charge is 2.32. The lowest BCUT2D eigenvalue weighted by molar-refractivity contribution is -0.121. The monoisotopic (exact) mass is 533 g/mol. The summed E-state index contributed by atoms with van der Waals surface area (Å²) in [5, 5.41) is 4.90. The van der Waals surface area contributed by atoms with Crippen molar-refractivity contribution in [2.24, 2.45) is 0 Å². The number of benzene rings is 3. The molecule has 0 radical (unpaired) electrons. The second kappa shape index (κ2) is 10.2. The van der Waals surface area contributed by atoms with Crippen LogP contribution in [0.15, 0.2) is 65.6 Å². The third kappa shape index (κ3) is 5.50. The van der Waals surface area contributed by atoms with E-state index in [1.54, 1.807) is 24.3 Å². The average Bonchev–Trinajstić information content (AvgIpc) is 2.82. The van der Waals surface area contributed by atoms with Gasteiger partial charge in [-0.1, -0.05) is 35.9 Å². The molecule has 1 atom stereocenters. The summed E-state index contributed by atoms with van der Waals surface area (Å²) >= 11 is 5.64. The van der Waals surface area contributed by atoms with Crippen molar-refractivity contribution in [2.75, 3.05) is 23.0 Å². The van der Waals surface area contributed by atoms with Gasteiger partial charge in [-0.3, -0.25) is 4.79 Å². The maximum Gasteiger partial charge on any atom is 0.319 e. The molecule has 1 fully saturated rings. The van der Waals surface area contributed by atoms with E-state index < -0.39 is 39.5 Å². The minimum Gasteiger partial charge on any atom is -0.326 e. The highest BCUT2D eigenvalue weighted by Crippen LogP contribution is 2.32. The van der Waals surface area contributed by atoms with Gasteiger partial charge in [-0.25, -0.2) is 22.0 Å². The molecule has 2 N–H and O–H groups in total. The van der Waals surface area contributed by atoms with Crippen molar-refractivity contribution in [3.8, 4) is 11.1 Å². The van der Waals surface area contributed by atoms with E-state index in [1.165, 1.54) is 35.2 Å². The highest BCUT2D eigenvalue weighted by molar-refractivity contribution is 7.90. The van der Waals surface area contributed by atoms with Gasteiger partial charge >= 0.3 is 6.03 Å². The summed E-state index contributed by atoms with van der Waals surface area (Å²) in [5.74, 6) is -1.90. The number of hydrogen-bond donors (Lipinski definition) is 2. The molecular formula is C25H22ClF2N3O4S. The number of carbonyl (C=O) groups is 2. The van der Waals surface area contributed by atoms with E-state index in [4.69, 9.17) is 11.6 Å². The summed E-state index contributed by atoms with van der Waals surface area (Å²) in [6, 6.07) is 12.6. The van der Waals surface area contributed by atoms with Crippen LogP contribution in [0.3, 0.4) is 0 Å². The first-order valence-electron chi connectivity index (χ1n) is 11.0. The summed E-state index contributed by atoms with van der Waals surface area (Å²) in [5.41, 5.74) is 0.883. The van der Waals surface area contributed by atoms with Crippen molar-refractivity contribution >= 4 is 44.8 Å². The van der Waals surface area contributed by atoms with Crippen LogP contribution in [0.2, 0.25) is 5.02 Å². The van der Waals surface area contributed by atoms with Crippen molar-refractivity contribution in [3.63, 3.8) is 0 Å². The van der Waals surface area contributed by atoms with Gasteiger partial charge in [0, 0.05) is 24.1 Å². The Labute approximate surface area is 212 Å². The smallest absolute Gasteiger partial charge is 0.319 e. The quantitative estimate of drug-likeness (QED) is 0.482. The Hall–Kier alpha value is -3.50. The van der Waals surface area contributed by atoms with E-state index in [9.17, 15) is 22.4 Å². The van der Waals surface area contributed by atoms with Gasteiger partial charge in [-0.15, -0.1) is 0 Å². The van der Waals surface area contributed by atoms with Crippen LogP contribution < -0.4 is 15.5 Å². The Bertz CT molecular complexity index is 1450. The van der Waals surface area contributed by atoms with Gasteiger partial charge in [0.25, 0.3) is 0 Å². The molecule has 1 aliphatic heterocycles. The topological polar surface area (TPSA) is 95.6 Å². The van der Waals surface area contributed by atoms with Crippen molar-refractivity contribution in [1.82, 2.24) is 5.32 Å². The van der Waals surface area contributed by atoms with Crippen molar-refractivity contribution in [1.29, 1.82) is 0 Å². The maximum absolute atomic E-state index is 15.2. The molecule has 3 amide bonds. The fraction of sp³-hybridized carbons (Fsp3) is 0.200. The Morgan fingerprint density at radius 2 is 1.81 bits per heavy atom. The zero-order valence-electron chi connectivity index (χ0n) is 19.1. The zero-order valence-corrected chi connectivity index (χ0v) is 20.7. The molecule has 0 spiro atoms. The molecule has 7 nitrogen and oxygen atoms in total. The molecule has 3 aromatic carbocycles. The molecule has 0 bridgehead atoms. The number of piperidine rings is 1. The number of halogens is 3. The number of rotatable bonds is 5. The number of anilines is 2. The fourth-order valence-electron chi connectivity index (χ4n) is 4.07. The molecule has 11 heteroatoms. The molecule has 1 aliphatic rings. The predicted molar refractivity (Wildman–Crippen MR) is 134 cm³/mol. The molecule has 3 aromatic rings. The Morgan fingerprint density at radius 3 is 2.50 bits per heavy atom. The van der Waals surface area contributed by atoms with Crippen molar-refractivity contribution in [3.05, 3.63) is 77.3 Å². The number of amides is 3. The van der Waals surface area contributed by atoms with Crippen LogP contribution in [0, 0.1) is 11.6 Å². The fourth-order valence-corrected chi connectivity index (χ4v) is 5.10. The number of carbonyl (C=O) groups excluding carboxylic acids is 2. The van der Waals surface area contributed by atoms with Gasteiger partial charge in [-0.05, 0) is 54.8 Å². The van der Waals surface area contributed by atoms with E-state index >= 15 is 4.39 Å². The second-order valence-electron chi connectivity index (χ2n) is 8.35. The van der Waals surface area contributed by atoms with Crippen LogP contribution >= 0.6 is 11.6 Å². The zero-order chi connectivity index (χ0) is 26.0.